The largest absolute Gasteiger partial charge is 0.497 e. The van der Waals surface area contributed by atoms with Crippen molar-refractivity contribution >= 4 is 0 Å². The van der Waals surface area contributed by atoms with Crippen molar-refractivity contribution in [3.8, 4) is 5.75 Å². The Hall–Kier alpha value is -1.06. The van der Waals surface area contributed by atoms with Crippen LogP contribution in [0.1, 0.15) is 25.3 Å². The molecule has 1 saturated heterocycles. The second-order valence-corrected chi connectivity index (χ2v) is 5.54. The van der Waals surface area contributed by atoms with E-state index in [1.165, 1.54) is 31.5 Å². The number of hydrogen-bond acceptors (Lipinski definition) is 3. The van der Waals surface area contributed by atoms with Crippen LogP contribution in [0.5, 0.6) is 5.75 Å². The second kappa shape index (κ2) is 6.92. The molecule has 1 heterocycles. The minimum atomic E-state index is 0.642. The molecule has 2 rings (SSSR count). The summed E-state index contributed by atoms with van der Waals surface area (Å²) in [6, 6.07) is 9.07. The molecule has 3 heteroatoms. The first-order valence-corrected chi connectivity index (χ1v) is 7.25. The maximum Gasteiger partial charge on any atom is 0.118 e. The number of piperidine rings is 1. The third-order valence-electron chi connectivity index (χ3n) is 4.36. The smallest absolute Gasteiger partial charge is 0.118 e. The summed E-state index contributed by atoms with van der Waals surface area (Å²) >= 11 is 0. The Labute approximate surface area is 116 Å². The van der Waals surface area contributed by atoms with Gasteiger partial charge in [0, 0.05) is 12.6 Å². The molecule has 0 aliphatic carbocycles. The zero-order valence-electron chi connectivity index (χ0n) is 12.4. The van der Waals surface area contributed by atoms with Crippen LogP contribution < -0.4 is 10.1 Å². The fourth-order valence-electron chi connectivity index (χ4n) is 2.84. The Morgan fingerprint density at radius 3 is 2.42 bits per heavy atom. The molecule has 1 atom stereocenters. The first-order chi connectivity index (χ1) is 9.22. The second-order valence-electron chi connectivity index (χ2n) is 5.54. The van der Waals surface area contributed by atoms with Crippen molar-refractivity contribution in [2.75, 3.05) is 27.2 Å². The Morgan fingerprint density at radius 2 is 1.89 bits per heavy atom. The van der Waals surface area contributed by atoms with Crippen molar-refractivity contribution in [2.45, 2.75) is 32.4 Å². The lowest BCUT2D eigenvalue weighted by Crippen LogP contribution is -2.40. The average molecular weight is 262 g/mol. The van der Waals surface area contributed by atoms with Gasteiger partial charge in [0.25, 0.3) is 0 Å². The molecule has 1 unspecified atom stereocenters. The molecule has 1 aromatic carbocycles. The summed E-state index contributed by atoms with van der Waals surface area (Å²) in [7, 11) is 3.77. The molecular weight excluding hydrogens is 236 g/mol. The number of methoxy groups -OCH3 is 1. The number of likely N-dealkylation sites (tertiary alicyclic amines) is 1. The van der Waals surface area contributed by atoms with Crippen LogP contribution in [0.3, 0.4) is 0 Å². The number of rotatable bonds is 5. The third kappa shape index (κ3) is 3.95. The van der Waals surface area contributed by atoms with Crippen molar-refractivity contribution < 1.29 is 4.74 Å². The van der Waals surface area contributed by atoms with Crippen molar-refractivity contribution in [1.29, 1.82) is 0 Å². The predicted molar refractivity (Wildman–Crippen MR) is 79.5 cm³/mol. The quantitative estimate of drug-likeness (QED) is 0.882. The molecule has 106 valence electrons. The minimum absolute atomic E-state index is 0.642. The van der Waals surface area contributed by atoms with E-state index in [4.69, 9.17) is 4.74 Å². The summed E-state index contributed by atoms with van der Waals surface area (Å²) in [6.45, 7) is 5.78. The Balaban J connectivity index is 1.81. The predicted octanol–water partition coefficient (Wildman–Crippen LogP) is 2.52. The number of nitrogens with one attached hydrogen (secondary N) is 1. The average Bonchev–Trinajstić information content (AvgIpc) is 2.48. The van der Waals surface area contributed by atoms with Gasteiger partial charge in [-0.25, -0.2) is 0 Å². The summed E-state index contributed by atoms with van der Waals surface area (Å²) in [4.78, 5) is 2.56. The molecule has 0 bridgehead atoms. The SMILES string of the molecule is CNC(C)C1CCN(Cc2ccc(OC)cc2)CC1. The molecule has 0 aromatic heterocycles. The zero-order valence-corrected chi connectivity index (χ0v) is 12.4. The van der Waals surface area contributed by atoms with Crippen LogP contribution in [-0.2, 0) is 6.54 Å². The van der Waals surface area contributed by atoms with Gasteiger partial charge in [0.1, 0.15) is 5.75 Å². The monoisotopic (exact) mass is 262 g/mol. The molecule has 0 saturated carbocycles. The highest BCUT2D eigenvalue weighted by molar-refractivity contribution is 5.27. The highest BCUT2D eigenvalue weighted by Crippen LogP contribution is 2.22. The highest BCUT2D eigenvalue weighted by atomic mass is 16.5. The standard InChI is InChI=1S/C16H26N2O/c1-13(17-2)15-8-10-18(11-9-15)12-14-4-6-16(19-3)7-5-14/h4-7,13,15,17H,8-12H2,1-3H3. The minimum Gasteiger partial charge on any atom is -0.497 e. The van der Waals surface area contributed by atoms with Gasteiger partial charge in [0.15, 0.2) is 0 Å². The van der Waals surface area contributed by atoms with E-state index in [-0.39, 0.29) is 0 Å². The van der Waals surface area contributed by atoms with E-state index in [1.54, 1.807) is 7.11 Å². The lowest BCUT2D eigenvalue weighted by atomic mass is 9.90. The van der Waals surface area contributed by atoms with Crippen molar-refractivity contribution in [3.05, 3.63) is 29.8 Å². The van der Waals surface area contributed by atoms with Gasteiger partial charge in [-0.15, -0.1) is 0 Å². The molecule has 3 nitrogen and oxygen atoms in total. The topological polar surface area (TPSA) is 24.5 Å². The lowest BCUT2D eigenvalue weighted by Gasteiger charge is -2.34. The molecule has 1 aromatic rings. The Kier molecular flexibility index (Phi) is 5.23. The highest BCUT2D eigenvalue weighted by Gasteiger charge is 2.22. The third-order valence-corrected chi connectivity index (χ3v) is 4.36. The Bertz CT molecular complexity index is 369. The van der Waals surface area contributed by atoms with Gasteiger partial charge in [-0.2, -0.15) is 0 Å². The van der Waals surface area contributed by atoms with Crippen LogP contribution in [0.25, 0.3) is 0 Å². The molecule has 1 aliphatic rings. The van der Waals surface area contributed by atoms with E-state index >= 15 is 0 Å². The maximum absolute atomic E-state index is 5.19. The van der Waals surface area contributed by atoms with Gasteiger partial charge in [0.2, 0.25) is 0 Å². The van der Waals surface area contributed by atoms with Gasteiger partial charge in [-0.1, -0.05) is 12.1 Å². The van der Waals surface area contributed by atoms with Crippen LogP contribution in [-0.4, -0.2) is 38.2 Å². The van der Waals surface area contributed by atoms with Gasteiger partial charge in [-0.05, 0) is 63.5 Å². The zero-order chi connectivity index (χ0) is 13.7. The fraction of sp³-hybridized carbons (Fsp3) is 0.625. The van der Waals surface area contributed by atoms with Gasteiger partial charge in [0.05, 0.1) is 7.11 Å². The molecule has 0 radical (unpaired) electrons. The summed E-state index contributed by atoms with van der Waals surface area (Å²) in [6.07, 6.45) is 2.61. The van der Waals surface area contributed by atoms with Crippen LogP contribution in [0.2, 0.25) is 0 Å². The normalized spacial score (nSPS) is 19.3. The number of benzene rings is 1. The van der Waals surface area contributed by atoms with E-state index < -0.39 is 0 Å². The summed E-state index contributed by atoms with van der Waals surface area (Å²) < 4.78 is 5.19. The molecule has 1 N–H and O–H groups in total. The van der Waals surface area contributed by atoms with Crippen LogP contribution in [0.4, 0.5) is 0 Å². The number of ether oxygens (including phenoxy) is 1. The molecule has 0 amide bonds. The van der Waals surface area contributed by atoms with Gasteiger partial charge >= 0.3 is 0 Å². The first kappa shape index (κ1) is 14.4. The number of hydrogen-bond donors (Lipinski definition) is 1. The number of nitrogens with zero attached hydrogens (tertiary/aromatic N) is 1. The lowest BCUT2D eigenvalue weighted by molar-refractivity contribution is 0.159. The molecule has 1 fully saturated rings. The van der Waals surface area contributed by atoms with E-state index in [0.29, 0.717) is 6.04 Å². The molecular formula is C16H26N2O. The van der Waals surface area contributed by atoms with E-state index in [9.17, 15) is 0 Å². The molecule has 19 heavy (non-hydrogen) atoms. The van der Waals surface area contributed by atoms with Crippen molar-refractivity contribution in [1.82, 2.24) is 10.2 Å². The van der Waals surface area contributed by atoms with Crippen LogP contribution in [0.15, 0.2) is 24.3 Å². The fourth-order valence-corrected chi connectivity index (χ4v) is 2.84. The van der Waals surface area contributed by atoms with Gasteiger partial charge < -0.3 is 10.1 Å². The first-order valence-electron chi connectivity index (χ1n) is 7.25. The van der Waals surface area contributed by atoms with E-state index in [2.05, 4.69) is 36.3 Å². The summed E-state index contributed by atoms with van der Waals surface area (Å²) in [5.41, 5.74) is 1.38. The summed E-state index contributed by atoms with van der Waals surface area (Å²) in [5, 5.41) is 3.38. The van der Waals surface area contributed by atoms with E-state index in [1.807, 2.05) is 12.1 Å². The van der Waals surface area contributed by atoms with Gasteiger partial charge in [-0.3, -0.25) is 4.90 Å². The molecule has 1 aliphatic heterocycles. The molecule has 0 spiro atoms. The maximum atomic E-state index is 5.19. The summed E-state index contributed by atoms with van der Waals surface area (Å²) in [5.74, 6) is 1.77. The van der Waals surface area contributed by atoms with Crippen molar-refractivity contribution in [2.24, 2.45) is 5.92 Å². The van der Waals surface area contributed by atoms with Crippen LogP contribution in [0, 0.1) is 5.92 Å². The van der Waals surface area contributed by atoms with Crippen LogP contribution >= 0.6 is 0 Å². The van der Waals surface area contributed by atoms with Crippen molar-refractivity contribution in [3.63, 3.8) is 0 Å². The Morgan fingerprint density at radius 1 is 1.26 bits per heavy atom. The van der Waals surface area contributed by atoms with E-state index in [0.717, 1.165) is 18.2 Å².